The van der Waals surface area contributed by atoms with E-state index >= 15 is 0 Å². The number of nitrogens with one attached hydrogen (secondary N) is 12. The predicted molar refractivity (Wildman–Crippen MR) is 342 cm³/mol. The van der Waals surface area contributed by atoms with E-state index in [0.29, 0.717) is 36.0 Å². The minimum Gasteiger partial charge on any atom is -0.481 e. The van der Waals surface area contributed by atoms with Gasteiger partial charge in [0.25, 0.3) is 0 Å². The average molecular weight is 1280 g/mol. The van der Waals surface area contributed by atoms with Gasteiger partial charge >= 0.3 is 5.97 Å². The van der Waals surface area contributed by atoms with E-state index in [0.717, 1.165) is 21.8 Å². The fourth-order valence-electron chi connectivity index (χ4n) is 9.71. The third-order valence-electron chi connectivity index (χ3n) is 15.2. The Morgan fingerprint density at radius 1 is 0.516 bits per heavy atom. The van der Waals surface area contributed by atoms with Gasteiger partial charge in [-0.15, -0.1) is 0 Å². The molecule has 0 radical (unpaired) electrons. The van der Waals surface area contributed by atoms with Gasteiger partial charge in [0.1, 0.15) is 54.4 Å². The summed E-state index contributed by atoms with van der Waals surface area (Å²) in [5.41, 5.74) is 20.5. The molecule has 492 valence electrons. The maximum absolute atomic E-state index is 14.6. The zero-order valence-corrected chi connectivity index (χ0v) is 52.4. The normalized spacial score (nSPS) is 14.8. The highest BCUT2D eigenvalue weighted by Gasteiger charge is 2.35. The Morgan fingerprint density at radius 3 is 1.51 bits per heavy atom. The topological polar surface area (TPSA) is 455 Å². The summed E-state index contributed by atoms with van der Waals surface area (Å²) >= 11 is 4.26. The molecule has 3 aromatic carbocycles. The van der Waals surface area contributed by atoms with Gasteiger partial charge in [-0.2, -0.15) is 12.6 Å². The lowest BCUT2D eigenvalue weighted by Crippen LogP contribution is -2.60. The Morgan fingerprint density at radius 2 is 0.978 bits per heavy atom. The van der Waals surface area contributed by atoms with Crippen LogP contribution in [0.15, 0.2) is 91.3 Å². The van der Waals surface area contributed by atoms with E-state index in [1.54, 1.807) is 62.6 Å². The number of aromatic amines is 2. The molecule has 5 aromatic rings. The van der Waals surface area contributed by atoms with Crippen LogP contribution in [0.3, 0.4) is 0 Å². The van der Waals surface area contributed by atoms with Crippen LogP contribution in [0.25, 0.3) is 21.8 Å². The van der Waals surface area contributed by atoms with Crippen molar-refractivity contribution in [2.45, 2.75) is 153 Å². The number of carbonyl (C=O) groups is 12. The molecule has 28 nitrogen and oxygen atoms in total. The minimum atomic E-state index is -1.48. The summed E-state index contributed by atoms with van der Waals surface area (Å²) in [4.78, 5) is 168. The number of aliphatic carboxylic acids is 1. The number of carboxylic acids is 1. The number of H-pyrrole nitrogens is 2. The Hall–Kier alpha value is -9.35. The summed E-state index contributed by atoms with van der Waals surface area (Å²) in [6, 6.07) is 10.4. The van der Waals surface area contributed by atoms with Gasteiger partial charge in [0, 0.05) is 65.6 Å². The van der Waals surface area contributed by atoms with Crippen molar-refractivity contribution < 1.29 is 62.6 Å². The molecule has 0 aliphatic carbocycles. The van der Waals surface area contributed by atoms with Crippen molar-refractivity contribution in [2.24, 2.45) is 23.1 Å². The van der Waals surface area contributed by atoms with Gasteiger partial charge in [0.15, 0.2) is 0 Å². The summed E-state index contributed by atoms with van der Waals surface area (Å²) < 4.78 is 0. The SMILES string of the molecule is CC[C@H](C)[C@H](NC(=O)CNC(=O)[C@H](C)NC(=O)[C@H](Cc1c[nH]c2ccccc12)NC(=O)[C@H](Cc1c[nH]c2ccccc12)NC(=O)[C@H](CS)NC(=O)[C@H](C)N)C(=O)N[C@@H](CCCCN)C(=O)N[C@@H](C)C(=O)N[C@@H](CCC(=O)O)C(=O)N[C@@H](Cc1ccccc1)C(N)=O. The molecule has 0 aliphatic rings. The zero-order valence-electron chi connectivity index (χ0n) is 51.5. The van der Waals surface area contributed by atoms with E-state index in [1.807, 2.05) is 42.5 Å². The second-order valence-electron chi connectivity index (χ2n) is 22.4. The average Bonchev–Trinajstić information content (AvgIpc) is 1.99. The first-order valence-corrected chi connectivity index (χ1v) is 30.7. The van der Waals surface area contributed by atoms with Crippen LogP contribution < -0.4 is 70.4 Å². The number of hydrogen-bond acceptors (Lipinski definition) is 15. The molecule has 0 saturated carbocycles. The predicted octanol–water partition coefficient (Wildman–Crippen LogP) is -1.00. The van der Waals surface area contributed by atoms with Crippen LogP contribution in [-0.4, -0.2) is 165 Å². The number of primary amides is 1. The lowest BCUT2D eigenvalue weighted by Gasteiger charge is -2.28. The smallest absolute Gasteiger partial charge is 0.303 e. The summed E-state index contributed by atoms with van der Waals surface area (Å²) in [6.07, 6.45) is 3.42. The fraction of sp³-hybridized carbons (Fsp3) is 0.452. The molecule has 0 unspecified atom stereocenters. The molecule has 11 amide bonds. The van der Waals surface area contributed by atoms with E-state index in [9.17, 15) is 62.6 Å². The van der Waals surface area contributed by atoms with E-state index in [1.165, 1.54) is 20.8 Å². The number of para-hydroxylation sites is 2. The maximum atomic E-state index is 14.6. The van der Waals surface area contributed by atoms with Crippen molar-refractivity contribution in [1.82, 2.24) is 63.1 Å². The Kier molecular flexibility index (Phi) is 28.4. The van der Waals surface area contributed by atoms with E-state index in [-0.39, 0.29) is 38.0 Å². The first kappa shape index (κ1) is 72.4. The number of fused-ring (bicyclic) bond motifs is 2. The molecule has 19 N–H and O–H groups in total. The Labute approximate surface area is 531 Å². The fourth-order valence-corrected chi connectivity index (χ4v) is 9.97. The highest BCUT2D eigenvalue weighted by atomic mass is 32.1. The summed E-state index contributed by atoms with van der Waals surface area (Å²) in [5, 5.41) is 36.8. The molecule has 0 bridgehead atoms. The van der Waals surface area contributed by atoms with Gasteiger partial charge in [-0.25, -0.2) is 0 Å². The van der Waals surface area contributed by atoms with Crippen molar-refractivity contribution in [1.29, 1.82) is 0 Å². The van der Waals surface area contributed by atoms with E-state index < -0.39 is 157 Å². The second kappa shape index (κ2) is 35.7. The Bertz CT molecular complexity index is 3360. The van der Waals surface area contributed by atoms with Crippen molar-refractivity contribution in [2.75, 3.05) is 18.8 Å². The van der Waals surface area contributed by atoms with Crippen LogP contribution in [0.4, 0.5) is 0 Å². The molecule has 2 heterocycles. The van der Waals surface area contributed by atoms with Crippen LogP contribution in [-0.2, 0) is 76.8 Å². The third kappa shape index (κ3) is 22.3. The molecule has 29 heteroatoms. The number of hydrogen-bond donors (Lipinski definition) is 17. The van der Waals surface area contributed by atoms with Crippen molar-refractivity contribution >= 4 is 105 Å². The molecule has 0 spiro atoms. The number of aromatic nitrogens is 2. The third-order valence-corrected chi connectivity index (χ3v) is 15.6. The number of nitrogens with two attached hydrogens (primary N) is 3. The number of carbonyl (C=O) groups excluding carboxylic acids is 11. The molecular formula is C62H85N15O13S. The molecule has 0 aliphatic heterocycles. The maximum Gasteiger partial charge on any atom is 0.303 e. The summed E-state index contributed by atoms with van der Waals surface area (Å²) in [7, 11) is 0. The minimum absolute atomic E-state index is 0.00683. The van der Waals surface area contributed by atoms with Crippen LogP contribution in [0.2, 0.25) is 0 Å². The number of carboxylic acid groups (broad SMARTS) is 1. The molecule has 2 aromatic heterocycles. The van der Waals surface area contributed by atoms with Gasteiger partial charge < -0.3 is 85.4 Å². The number of amides is 11. The largest absolute Gasteiger partial charge is 0.481 e. The van der Waals surface area contributed by atoms with Gasteiger partial charge in [0.05, 0.1) is 12.6 Å². The monoisotopic (exact) mass is 1280 g/mol. The van der Waals surface area contributed by atoms with E-state index in [4.69, 9.17) is 17.2 Å². The van der Waals surface area contributed by atoms with Crippen molar-refractivity contribution in [3.63, 3.8) is 0 Å². The van der Waals surface area contributed by atoms with Crippen LogP contribution in [0.5, 0.6) is 0 Å². The molecule has 0 fully saturated rings. The molecule has 91 heavy (non-hydrogen) atoms. The first-order chi connectivity index (χ1) is 43.3. The number of rotatable bonds is 37. The molecule has 11 atom stereocenters. The molecule has 5 rings (SSSR count). The summed E-state index contributed by atoms with van der Waals surface area (Å²) in [6.45, 7) is 7.08. The number of thiol groups is 1. The quantitative estimate of drug-likeness (QED) is 0.0168. The zero-order chi connectivity index (χ0) is 66.9. The van der Waals surface area contributed by atoms with Crippen molar-refractivity contribution in [3.8, 4) is 0 Å². The van der Waals surface area contributed by atoms with Crippen LogP contribution >= 0.6 is 12.6 Å². The summed E-state index contributed by atoms with van der Waals surface area (Å²) in [5.74, 6) is -10.9. The van der Waals surface area contributed by atoms with Gasteiger partial charge in [-0.1, -0.05) is 87.0 Å². The Balaban J connectivity index is 1.26. The van der Waals surface area contributed by atoms with Crippen LogP contribution in [0.1, 0.15) is 89.8 Å². The highest BCUT2D eigenvalue weighted by molar-refractivity contribution is 7.80. The van der Waals surface area contributed by atoms with Crippen molar-refractivity contribution in [3.05, 3.63) is 108 Å². The lowest BCUT2D eigenvalue weighted by atomic mass is 9.97. The van der Waals surface area contributed by atoms with E-state index in [2.05, 4.69) is 75.8 Å². The second-order valence-corrected chi connectivity index (χ2v) is 22.7. The molecule has 0 saturated heterocycles. The van der Waals surface area contributed by atoms with Crippen LogP contribution in [0, 0.1) is 5.92 Å². The number of benzene rings is 3. The standard InChI is InChI=1S/C62H85N15O13S/c1-6-33(2)52(62(90)72-44(22-14-15-25-63)57(85)70-36(5)56(84)71-45(23-24-51(79)80)58(86)73-46(53(65)81)26-37-16-8-7-9-17-37)77-50(78)31-68-55(83)35(4)69-59(87)47(27-38-29-66-42-20-12-10-18-40(38)42)74-60(88)48(28-39-30-67-43-21-13-11-19-41(39)43)75-61(89)49(32-91)76-54(82)34(3)64/h7-13,16-21,29-30,33-36,44-49,52,66-67,91H,6,14-15,22-28,31-32,63-64H2,1-5H3,(H2,65,81)(H,68,83)(H,69,87)(H,70,85)(H,71,84)(H,72,90)(H,73,86)(H,74,88)(H,75,89)(H,76,82)(H,77,78)(H,79,80)/t33-,34-,35-,36-,44-,45-,46-,47-,48-,49-,52-/m0/s1. The molecular weight excluding hydrogens is 1190 g/mol. The highest BCUT2D eigenvalue weighted by Crippen LogP contribution is 2.22. The van der Waals surface area contributed by atoms with Gasteiger partial charge in [0.2, 0.25) is 65.0 Å². The first-order valence-electron chi connectivity index (χ1n) is 30.1. The van der Waals surface area contributed by atoms with Gasteiger partial charge in [-0.3, -0.25) is 57.5 Å². The van der Waals surface area contributed by atoms with Gasteiger partial charge in [-0.05, 0) is 87.7 Å². The number of unbranched alkanes of at least 4 members (excludes halogenated alkanes) is 1. The lowest BCUT2D eigenvalue weighted by molar-refractivity contribution is -0.138.